The van der Waals surface area contributed by atoms with Gasteiger partial charge in [0.1, 0.15) is 5.60 Å². The van der Waals surface area contributed by atoms with E-state index in [0.29, 0.717) is 26.1 Å². The molecule has 20 heavy (non-hydrogen) atoms. The molecule has 0 aliphatic carbocycles. The van der Waals surface area contributed by atoms with Crippen molar-refractivity contribution in [2.75, 3.05) is 19.6 Å². The van der Waals surface area contributed by atoms with Crippen molar-refractivity contribution in [2.45, 2.75) is 57.7 Å². The Balaban J connectivity index is 1.94. The lowest BCUT2D eigenvalue weighted by Gasteiger charge is -2.30. The van der Waals surface area contributed by atoms with Crippen LogP contribution in [0.1, 0.15) is 40.0 Å². The zero-order valence-corrected chi connectivity index (χ0v) is 12.6. The Morgan fingerprint density at radius 3 is 2.70 bits per heavy atom. The summed E-state index contributed by atoms with van der Waals surface area (Å²) >= 11 is 0. The number of carbonyl (C=O) groups is 2. The van der Waals surface area contributed by atoms with Crippen molar-refractivity contribution >= 4 is 12.0 Å². The van der Waals surface area contributed by atoms with E-state index in [4.69, 9.17) is 10.5 Å². The van der Waals surface area contributed by atoms with E-state index in [1.165, 1.54) is 0 Å². The van der Waals surface area contributed by atoms with E-state index in [1.807, 2.05) is 20.8 Å². The van der Waals surface area contributed by atoms with Gasteiger partial charge in [-0.3, -0.25) is 4.79 Å². The number of nitrogens with two attached hydrogens (primary N) is 1. The Labute approximate surface area is 120 Å². The molecule has 114 valence electrons. The number of nitrogens with zero attached hydrogens (tertiary/aromatic N) is 2. The third-order valence-corrected chi connectivity index (χ3v) is 3.68. The van der Waals surface area contributed by atoms with Crippen LogP contribution in [0, 0.1) is 0 Å². The van der Waals surface area contributed by atoms with Crippen molar-refractivity contribution in [2.24, 2.45) is 5.73 Å². The summed E-state index contributed by atoms with van der Waals surface area (Å²) in [6, 6.07) is -0.0158. The number of likely N-dealkylation sites (tertiary alicyclic amines) is 2. The Morgan fingerprint density at radius 1 is 1.45 bits per heavy atom. The summed E-state index contributed by atoms with van der Waals surface area (Å²) in [7, 11) is 0. The lowest BCUT2D eigenvalue weighted by molar-refractivity contribution is -0.128. The van der Waals surface area contributed by atoms with Crippen LogP contribution in [0.3, 0.4) is 0 Å². The SMILES string of the molecule is CC(C)(C)OC(=O)N1CCCC1CN1CC(N)CC1=O. The van der Waals surface area contributed by atoms with Crippen LogP contribution in [0.25, 0.3) is 0 Å². The van der Waals surface area contributed by atoms with E-state index >= 15 is 0 Å². The first-order valence-electron chi connectivity index (χ1n) is 7.29. The largest absolute Gasteiger partial charge is 0.444 e. The number of hydrogen-bond donors (Lipinski definition) is 1. The van der Waals surface area contributed by atoms with E-state index in [1.54, 1.807) is 9.80 Å². The van der Waals surface area contributed by atoms with Gasteiger partial charge in [-0.05, 0) is 33.6 Å². The van der Waals surface area contributed by atoms with Crippen LogP contribution in [0.5, 0.6) is 0 Å². The van der Waals surface area contributed by atoms with Crippen LogP contribution >= 0.6 is 0 Å². The molecule has 0 bridgehead atoms. The molecule has 0 aromatic rings. The third kappa shape index (κ3) is 3.62. The Morgan fingerprint density at radius 2 is 2.15 bits per heavy atom. The lowest BCUT2D eigenvalue weighted by atomic mass is 10.2. The normalized spacial score (nSPS) is 27.3. The Kier molecular flexibility index (Phi) is 4.22. The summed E-state index contributed by atoms with van der Waals surface area (Å²) in [5.74, 6) is 0.0912. The first kappa shape index (κ1) is 15.1. The zero-order valence-electron chi connectivity index (χ0n) is 12.6. The van der Waals surface area contributed by atoms with Gasteiger partial charge in [0.25, 0.3) is 0 Å². The topological polar surface area (TPSA) is 75.9 Å². The smallest absolute Gasteiger partial charge is 0.410 e. The van der Waals surface area contributed by atoms with Crippen LogP contribution in [0.2, 0.25) is 0 Å². The fraction of sp³-hybridized carbons (Fsp3) is 0.857. The van der Waals surface area contributed by atoms with E-state index in [2.05, 4.69) is 0 Å². The van der Waals surface area contributed by atoms with E-state index in [9.17, 15) is 9.59 Å². The van der Waals surface area contributed by atoms with Crippen LogP contribution in [0.4, 0.5) is 4.79 Å². The molecular formula is C14H25N3O3. The number of carbonyl (C=O) groups excluding carboxylic acids is 2. The minimum atomic E-state index is -0.490. The average Bonchev–Trinajstić information content (AvgIpc) is 2.84. The van der Waals surface area contributed by atoms with Gasteiger partial charge in [0.2, 0.25) is 5.91 Å². The van der Waals surface area contributed by atoms with Crippen molar-refractivity contribution in [3.63, 3.8) is 0 Å². The van der Waals surface area contributed by atoms with Crippen molar-refractivity contribution in [1.29, 1.82) is 0 Å². The fourth-order valence-electron chi connectivity index (χ4n) is 2.82. The Hall–Kier alpha value is -1.30. The number of hydrogen-bond acceptors (Lipinski definition) is 4. The van der Waals surface area contributed by atoms with Crippen molar-refractivity contribution in [3.8, 4) is 0 Å². The highest BCUT2D eigenvalue weighted by molar-refractivity contribution is 5.79. The highest BCUT2D eigenvalue weighted by atomic mass is 16.6. The molecule has 2 unspecified atom stereocenters. The first-order chi connectivity index (χ1) is 9.26. The number of rotatable bonds is 2. The highest BCUT2D eigenvalue weighted by Crippen LogP contribution is 2.23. The molecule has 0 aromatic heterocycles. The highest BCUT2D eigenvalue weighted by Gasteiger charge is 2.36. The summed E-state index contributed by atoms with van der Waals surface area (Å²) in [4.78, 5) is 27.5. The first-order valence-corrected chi connectivity index (χ1v) is 7.29. The van der Waals surface area contributed by atoms with Gasteiger partial charge in [0, 0.05) is 32.1 Å². The molecule has 2 amide bonds. The maximum Gasteiger partial charge on any atom is 0.410 e. The second-order valence-electron chi connectivity index (χ2n) is 6.73. The molecule has 0 saturated carbocycles. The molecular weight excluding hydrogens is 258 g/mol. The van der Waals surface area contributed by atoms with Crippen molar-refractivity contribution in [1.82, 2.24) is 9.80 Å². The molecule has 2 aliphatic heterocycles. The fourth-order valence-corrected chi connectivity index (χ4v) is 2.82. The molecule has 2 atom stereocenters. The molecule has 0 radical (unpaired) electrons. The molecule has 6 nitrogen and oxygen atoms in total. The summed E-state index contributed by atoms with van der Waals surface area (Å²) in [5, 5.41) is 0. The van der Waals surface area contributed by atoms with Gasteiger partial charge < -0.3 is 20.3 Å². The van der Waals surface area contributed by atoms with Gasteiger partial charge in [-0.2, -0.15) is 0 Å². The standard InChI is InChI=1S/C14H25N3O3/c1-14(2,3)20-13(19)17-6-4-5-11(17)9-16-8-10(15)7-12(16)18/h10-11H,4-9,15H2,1-3H3. The van der Waals surface area contributed by atoms with Gasteiger partial charge >= 0.3 is 6.09 Å². The predicted molar refractivity (Wildman–Crippen MR) is 75.1 cm³/mol. The summed E-state index contributed by atoms with van der Waals surface area (Å²) in [6.45, 7) is 7.45. The van der Waals surface area contributed by atoms with Gasteiger partial charge in [0.05, 0.1) is 6.04 Å². The summed E-state index contributed by atoms with van der Waals surface area (Å²) in [5.41, 5.74) is 5.31. The maximum absolute atomic E-state index is 12.2. The minimum absolute atomic E-state index is 0.0547. The van der Waals surface area contributed by atoms with E-state index < -0.39 is 5.60 Å². The third-order valence-electron chi connectivity index (χ3n) is 3.68. The zero-order chi connectivity index (χ0) is 14.9. The molecule has 2 aliphatic rings. The van der Waals surface area contributed by atoms with Gasteiger partial charge in [-0.25, -0.2) is 4.79 Å². The lowest BCUT2D eigenvalue weighted by Crippen LogP contribution is -2.45. The van der Waals surface area contributed by atoms with Gasteiger partial charge in [-0.15, -0.1) is 0 Å². The van der Waals surface area contributed by atoms with Crippen LogP contribution in [0.15, 0.2) is 0 Å². The summed E-state index contributed by atoms with van der Waals surface area (Å²) < 4.78 is 5.42. The predicted octanol–water partition coefficient (Wildman–Crippen LogP) is 0.945. The van der Waals surface area contributed by atoms with Crippen molar-refractivity contribution in [3.05, 3.63) is 0 Å². The quantitative estimate of drug-likeness (QED) is 0.818. The minimum Gasteiger partial charge on any atom is -0.444 e. The summed E-state index contributed by atoms with van der Waals surface area (Å²) in [6.07, 6.45) is 2.01. The van der Waals surface area contributed by atoms with Gasteiger partial charge in [0.15, 0.2) is 0 Å². The monoisotopic (exact) mass is 283 g/mol. The average molecular weight is 283 g/mol. The number of amides is 2. The Bertz CT molecular complexity index is 392. The second-order valence-corrected chi connectivity index (χ2v) is 6.73. The molecule has 2 heterocycles. The molecule has 2 rings (SSSR count). The molecule has 2 fully saturated rings. The van der Waals surface area contributed by atoms with Crippen LogP contribution < -0.4 is 5.73 Å². The van der Waals surface area contributed by atoms with Crippen LogP contribution in [-0.2, 0) is 9.53 Å². The molecule has 2 saturated heterocycles. The van der Waals surface area contributed by atoms with Crippen molar-refractivity contribution < 1.29 is 14.3 Å². The number of ether oxygens (including phenoxy) is 1. The van der Waals surface area contributed by atoms with Gasteiger partial charge in [-0.1, -0.05) is 0 Å². The van der Waals surface area contributed by atoms with E-state index in [0.717, 1.165) is 12.8 Å². The maximum atomic E-state index is 12.2. The molecule has 0 spiro atoms. The molecule has 6 heteroatoms. The molecule has 2 N–H and O–H groups in total. The van der Waals surface area contributed by atoms with Crippen LogP contribution in [-0.4, -0.2) is 59.1 Å². The van der Waals surface area contributed by atoms with E-state index in [-0.39, 0.29) is 24.1 Å². The molecule has 0 aromatic carbocycles. The second kappa shape index (κ2) is 5.60.